The summed E-state index contributed by atoms with van der Waals surface area (Å²) in [6.07, 6.45) is 0. The van der Waals surface area contributed by atoms with E-state index in [-0.39, 0.29) is 15.7 Å². The number of carbonyl (C=O) groups is 1. The zero-order valence-corrected chi connectivity index (χ0v) is 15.2. The maximum atomic E-state index is 12.8. The Labute approximate surface area is 151 Å². The van der Waals surface area contributed by atoms with Crippen molar-refractivity contribution in [2.75, 3.05) is 6.61 Å². The minimum atomic E-state index is -3.59. The smallest absolute Gasteiger partial charge is 0.340 e. The molecule has 26 heavy (non-hydrogen) atoms. The number of hydrogen-bond donors (Lipinski definition) is 0. The van der Waals surface area contributed by atoms with Crippen LogP contribution in [0.5, 0.6) is 0 Å². The van der Waals surface area contributed by atoms with E-state index in [1.54, 1.807) is 48.5 Å². The molecule has 4 rings (SSSR count). The van der Waals surface area contributed by atoms with E-state index in [1.807, 2.05) is 13.8 Å². The molecule has 2 heterocycles. The van der Waals surface area contributed by atoms with Crippen molar-refractivity contribution in [3.63, 3.8) is 0 Å². The molecule has 0 saturated carbocycles. The van der Waals surface area contributed by atoms with E-state index in [4.69, 9.17) is 4.74 Å². The fraction of sp³-hybridized carbons (Fsp3) is 0.200. The third kappa shape index (κ3) is 2.49. The van der Waals surface area contributed by atoms with Gasteiger partial charge >= 0.3 is 5.97 Å². The molecule has 132 valence electrons. The summed E-state index contributed by atoms with van der Waals surface area (Å²) in [6.45, 7) is 4.24. The molecule has 0 saturated heterocycles. The van der Waals surface area contributed by atoms with E-state index in [9.17, 15) is 13.2 Å². The lowest BCUT2D eigenvalue weighted by molar-refractivity contribution is 0.0461. The highest BCUT2D eigenvalue weighted by atomic mass is 32.2. The van der Waals surface area contributed by atoms with Crippen LogP contribution in [0.1, 0.15) is 24.2 Å². The summed E-state index contributed by atoms with van der Waals surface area (Å²) in [4.78, 5) is 17.4. The van der Waals surface area contributed by atoms with E-state index in [0.29, 0.717) is 34.3 Å². The molecule has 1 aliphatic heterocycles. The summed E-state index contributed by atoms with van der Waals surface area (Å²) in [5.41, 5.74) is 1.74. The van der Waals surface area contributed by atoms with Gasteiger partial charge in [0.2, 0.25) is 9.84 Å². The van der Waals surface area contributed by atoms with Crippen LogP contribution in [0.15, 0.2) is 58.3 Å². The molecule has 0 amide bonds. The van der Waals surface area contributed by atoms with Crippen molar-refractivity contribution in [3.05, 3.63) is 54.1 Å². The zero-order valence-electron chi connectivity index (χ0n) is 14.4. The Hall–Kier alpha value is -2.73. The molecular weight excluding hydrogens is 350 g/mol. The van der Waals surface area contributed by atoms with Gasteiger partial charge in [-0.2, -0.15) is 0 Å². The average molecular weight is 367 g/mol. The normalized spacial score (nSPS) is 14.3. The van der Waals surface area contributed by atoms with E-state index >= 15 is 0 Å². The predicted octanol–water partition coefficient (Wildman–Crippen LogP) is 3.86. The molecule has 0 aliphatic carbocycles. The van der Waals surface area contributed by atoms with Gasteiger partial charge in [-0.1, -0.05) is 44.2 Å². The minimum absolute atomic E-state index is 0.180. The highest BCUT2D eigenvalue weighted by Gasteiger charge is 2.34. The monoisotopic (exact) mass is 367 g/mol. The molecule has 1 aromatic heterocycles. The molecule has 0 atom stereocenters. The molecule has 0 spiro atoms. The number of pyridine rings is 1. The van der Waals surface area contributed by atoms with Crippen LogP contribution in [0.25, 0.3) is 22.2 Å². The largest absolute Gasteiger partial charge is 0.462 e. The van der Waals surface area contributed by atoms with Gasteiger partial charge in [-0.15, -0.1) is 0 Å². The van der Waals surface area contributed by atoms with Gasteiger partial charge in [-0.3, -0.25) is 0 Å². The fourth-order valence-corrected chi connectivity index (χ4v) is 4.72. The SMILES string of the molecule is CC(C)COC(=O)c1cccc2cc3c(nc12)-c1ccccc1S3(=O)=O. The first kappa shape index (κ1) is 16.7. The first-order valence-electron chi connectivity index (χ1n) is 8.35. The summed E-state index contributed by atoms with van der Waals surface area (Å²) >= 11 is 0. The van der Waals surface area contributed by atoms with Gasteiger partial charge in [0.1, 0.15) is 0 Å². The summed E-state index contributed by atoms with van der Waals surface area (Å²) in [7, 11) is -3.59. The van der Waals surface area contributed by atoms with Crippen molar-refractivity contribution < 1.29 is 17.9 Å². The number of hydrogen-bond acceptors (Lipinski definition) is 5. The van der Waals surface area contributed by atoms with Crippen molar-refractivity contribution >= 4 is 26.7 Å². The van der Waals surface area contributed by atoms with Gasteiger partial charge in [-0.05, 0) is 24.1 Å². The predicted molar refractivity (Wildman–Crippen MR) is 97.8 cm³/mol. The highest BCUT2D eigenvalue weighted by Crippen LogP contribution is 2.43. The first-order valence-corrected chi connectivity index (χ1v) is 9.83. The van der Waals surface area contributed by atoms with E-state index in [1.165, 1.54) is 0 Å². The first-order chi connectivity index (χ1) is 12.4. The maximum absolute atomic E-state index is 12.8. The van der Waals surface area contributed by atoms with Crippen LogP contribution in [-0.4, -0.2) is 26.0 Å². The number of nitrogens with zero attached hydrogens (tertiary/aromatic N) is 1. The van der Waals surface area contributed by atoms with E-state index in [2.05, 4.69) is 4.98 Å². The summed E-state index contributed by atoms with van der Waals surface area (Å²) in [6, 6.07) is 13.5. The summed E-state index contributed by atoms with van der Waals surface area (Å²) < 4.78 is 30.9. The molecule has 5 nitrogen and oxygen atoms in total. The van der Waals surface area contributed by atoms with Crippen LogP contribution in [0.4, 0.5) is 0 Å². The molecule has 0 bridgehead atoms. The Morgan fingerprint density at radius 2 is 1.85 bits per heavy atom. The Morgan fingerprint density at radius 3 is 2.62 bits per heavy atom. The van der Waals surface area contributed by atoms with Crippen LogP contribution < -0.4 is 0 Å². The lowest BCUT2D eigenvalue weighted by Crippen LogP contribution is -2.11. The highest BCUT2D eigenvalue weighted by molar-refractivity contribution is 7.92. The fourth-order valence-electron chi connectivity index (χ4n) is 3.08. The Bertz CT molecular complexity index is 1150. The van der Waals surface area contributed by atoms with Crippen LogP contribution in [-0.2, 0) is 14.6 Å². The number of carbonyl (C=O) groups excluding carboxylic acids is 1. The second-order valence-corrected chi connectivity index (χ2v) is 8.59. The van der Waals surface area contributed by atoms with Crippen LogP contribution in [0.2, 0.25) is 0 Å². The molecule has 0 unspecified atom stereocenters. The standard InChI is InChI=1S/C20H17NO4S/c1-12(2)11-25-20(22)15-8-5-6-13-10-17-19(21-18(13)15)14-7-3-4-9-16(14)26(17,23)24/h3-10,12H,11H2,1-2H3. The lowest BCUT2D eigenvalue weighted by atomic mass is 10.1. The van der Waals surface area contributed by atoms with Gasteiger partial charge in [0.15, 0.2) is 0 Å². The van der Waals surface area contributed by atoms with E-state index < -0.39 is 15.8 Å². The number of rotatable bonds is 3. The lowest BCUT2D eigenvalue weighted by Gasteiger charge is -2.10. The number of aromatic nitrogens is 1. The molecule has 1 aliphatic rings. The van der Waals surface area contributed by atoms with Crippen LogP contribution in [0, 0.1) is 5.92 Å². The number of ether oxygens (including phenoxy) is 1. The second-order valence-electron chi connectivity index (χ2n) is 6.70. The van der Waals surface area contributed by atoms with Gasteiger partial charge in [0.05, 0.1) is 33.2 Å². The second kappa shape index (κ2) is 5.92. The van der Waals surface area contributed by atoms with Gasteiger partial charge in [-0.25, -0.2) is 18.2 Å². The van der Waals surface area contributed by atoms with Crippen molar-refractivity contribution in [2.24, 2.45) is 5.92 Å². The van der Waals surface area contributed by atoms with Crippen LogP contribution in [0.3, 0.4) is 0 Å². The maximum Gasteiger partial charge on any atom is 0.340 e. The number of benzene rings is 2. The zero-order chi connectivity index (χ0) is 18.5. The molecular formula is C20H17NO4S. The number of sulfone groups is 1. The Kier molecular flexibility index (Phi) is 3.80. The molecule has 2 aromatic carbocycles. The molecule has 0 N–H and O–H groups in total. The molecule has 0 fully saturated rings. The Morgan fingerprint density at radius 1 is 1.08 bits per heavy atom. The van der Waals surface area contributed by atoms with Gasteiger partial charge in [0, 0.05) is 10.9 Å². The summed E-state index contributed by atoms with van der Waals surface area (Å²) in [5.74, 6) is -0.228. The Balaban J connectivity index is 1.93. The summed E-state index contributed by atoms with van der Waals surface area (Å²) in [5, 5.41) is 0.596. The van der Waals surface area contributed by atoms with Gasteiger partial charge in [0.25, 0.3) is 0 Å². The van der Waals surface area contributed by atoms with Gasteiger partial charge < -0.3 is 4.74 Å². The topological polar surface area (TPSA) is 73.3 Å². The third-order valence-corrected chi connectivity index (χ3v) is 6.12. The molecule has 0 radical (unpaired) electrons. The van der Waals surface area contributed by atoms with E-state index in [0.717, 1.165) is 0 Å². The van der Waals surface area contributed by atoms with Crippen molar-refractivity contribution in [3.8, 4) is 11.3 Å². The number of esters is 1. The number of fused-ring (bicyclic) bond motifs is 4. The molecule has 6 heteroatoms. The molecule has 3 aromatic rings. The van der Waals surface area contributed by atoms with Crippen LogP contribution >= 0.6 is 0 Å². The average Bonchev–Trinajstić information content (AvgIpc) is 2.85. The quantitative estimate of drug-likeness (QED) is 0.514. The van der Waals surface area contributed by atoms with Crippen molar-refractivity contribution in [2.45, 2.75) is 23.6 Å². The van der Waals surface area contributed by atoms with Crippen molar-refractivity contribution in [1.82, 2.24) is 4.98 Å². The third-order valence-electron chi connectivity index (χ3n) is 4.30. The van der Waals surface area contributed by atoms with Crippen molar-refractivity contribution in [1.29, 1.82) is 0 Å². The minimum Gasteiger partial charge on any atom is -0.462 e. The number of para-hydroxylation sites is 1.